The van der Waals surface area contributed by atoms with Crippen molar-refractivity contribution in [2.24, 2.45) is 11.7 Å². The Morgan fingerprint density at radius 2 is 1.64 bits per heavy atom. The Bertz CT molecular complexity index is 1510. The van der Waals surface area contributed by atoms with Crippen molar-refractivity contribution in [3.05, 3.63) is 89.0 Å². The molecular weight excluding hydrogens is 604 g/mol. The molecule has 2 heterocycles. The summed E-state index contributed by atoms with van der Waals surface area (Å²) in [7, 11) is 4.45. The fourth-order valence-corrected chi connectivity index (χ4v) is 7.81. The zero-order valence-corrected chi connectivity index (χ0v) is 26.7. The third-order valence-electron chi connectivity index (χ3n) is 9.72. The maximum absolute atomic E-state index is 15.1. The van der Waals surface area contributed by atoms with Crippen molar-refractivity contribution >= 4 is 24.2 Å². The molecule has 0 radical (unpaired) electrons. The van der Waals surface area contributed by atoms with E-state index in [2.05, 4.69) is 5.32 Å². The van der Waals surface area contributed by atoms with E-state index >= 15 is 4.39 Å². The number of halogens is 3. The van der Waals surface area contributed by atoms with E-state index in [1.54, 1.807) is 12.1 Å². The van der Waals surface area contributed by atoms with Crippen LogP contribution in [0.5, 0.6) is 17.2 Å². The van der Waals surface area contributed by atoms with E-state index in [4.69, 9.17) is 19.9 Å². The second-order valence-corrected chi connectivity index (χ2v) is 11.5. The van der Waals surface area contributed by atoms with Crippen molar-refractivity contribution in [3.63, 3.8) is 0 Å². The van der Waals surface area contributed by atoms with E-state index < -0.39 is 34.4 Å². The van der Waals surface area contributed by atoms with Gasteiger partial charge in [0.05, 0.1) is 32.3 Å². The van der Waals surface area contributed by atoms with E-state index in [1.165, 1.54) is 27.4 Å². The molecule has 3 aromatic carbocycles. The largest absolute Gasteiger partial charge is 0.493 e. The number of nitrogens with two attached hydrogens (primary N) is 1. The first kappa shape index (κ1) is 34.0. The van der Waals surface area contributed by atoms with Crippen molar-refractivity contribution in [1.29, 1.82) is 0 Å². The lowest BCUT2D eigenvalue weighted by molar-refractivity contribution is -0.131. The molecule has 5 rings (SSSR count). The quantitative estimate of drug-likeness (QED) is 0.331. The summed E-state index contributed by atoms with van der Waals surface area (Å²) in [5.74, 6) is -2.86. The summed E-state index contributed by atoms with van der Waals surface area (Å²) in [6, 6.07) is 16.2. The minimum absolute atomic E-state index is 0. The smallest absolute Gasteiger partial charge is 0.254 e. The van der Waals surface area contributed by atoms with Crippen LogP contribution in [0.25, 0.3) is 0 Å². The lowest BCUT2D eigenvalue weighted by Crippen LogP contribution is -2.70. The Morgan fingerprint density at radius 1 is 0.978 bits per heavy atom. The molecule has 4 atom stereocenters. The minimum atomic E-state index is -1.32. The van der Waals surface area contributed by atoms with Crippen LogP contribution in [0.2, 0.25) is 0 Å². The molecule has 8 nitrogen and oxygen atoms in total. The lowest BCUT2D eigenvalue weighted by Gasteiger charge is -2.61. The monoisotopic (exact) mass is 643 g/mol. The van der Waals surface area contributed by atoms with Crippen LogP contribution >= 0.6 is 12.4 Å². The zero-order valence-electron chi connectivity index (χ0n) is 25.9. The van der Waals surface area contributed by atoms with Gasteiger partial charge in [-0.15, -0.1) is 12.4 Å². The zero-order chi connectivity index (χ0) is 31.6. The summed E-state index contributed by atoms with van der Waals surface area (Å²) in [5, 5.41) is 3.42. The van der Waals surface area contributed by atoms with Gasteiger partial charge in [0.2, 0.25) is 11.7 Å². The van der Waals surface area contributed by atoms with E-state index in [1.807, 2.05) is 42.2 Å². The Labute approximate surface area is 268 Å². The molecule has 0 bridgehead atoms. The van der Waals surface area contributed by atoms with Gasteiger partial charge in [-0.25, -0.2) is 8.78 Å². The summed E-state index contributed by atoms with van der Waals surface area (Å²) in [4.78, 5) is 30.5. The third-order valence-corrected chi connectivity index (χ3v) is 9.72. The molecule has 0 saturated carbocycles. The van der Waals surface area contributed by atoms with Gasteiger partial charge in [0.25, 0.3) is 5.91 Å². The lowest BCUT2D eigenvalue weighted by atomic mass is 9.51. The van der Waals surface area contributed by atoms with Crippen molar-refractivity contribution < 1.29 is 32.6 Å². The molecule has 45 heavy (non-hydrogen) atoms. The van der Waals surface area contributed by atoms with E-state index in [0.717, 1.165) is 12.1 Å². The number of benzene rings is 3. The molecule has 3 N–H and O–H groups in total. The fraction of sp³-hybridized carbons (Fsp3) is 0.412. The minimum Gasteiger partial charge on any atom is -0.493 e. The molecule has 0 aliphatic carbocycles. The van der Waals surface area contributed by atoms with Gasteiger partial charge in [0.15, 0.2) is 23.1 Å². The summed E-state index contributed by atoms with van der Waals surface area (Å²) < 4.78 is 46.0. The number of hydrogen-bond donors (Lipinski definition) is 2. The summed E-state index contributed by atoms with van der Waals surface area (Å²) in [6.45, 7) is 3.44. The van der Waals surface area contributed by atoms with Crippen molar-refractivity contribution in [2.45, 2.75) is 43.1 Å². The molecule has 4 unspecified atom stereocenters. The maximum atomic E-state index is 15.1. The number of nitrogens with zero attached hydrogens (tertiary/aromatic N) is 1. The highest BCUT2D eigenvalue weighted by Gasteiger charge is 2.64. The summed E-state index contributed by atoms with van der Waals surface area (Å²) in [5.41, 5.74) is 5.40. The van der Waals surface area contributed by atoms with Crippen LogP contribution in [0.4, 0.5) is 8.78 Å². The second-order valence-electron chi connectivity index (χ2n) is 11.5. The predicted molar refractivity (Wildman–Crippen MR) is 169 cm³/mol. The Hall–Kier alpha value is -3.89. The average molecular weight is 644 g/mol. The number of likely N-dealkylation sites (tertiary alicyclic amines) is 1. The number of ether oxygens (including phenoxy) is 3. The van der Waals surface area contributed by atoms with Crippen LogP contribution in [0.1, 0.15) is 53.6 Å². The van der Waals surface area contributed by atoms with Gasteiger partial charge in [-0.2, -0.15) is 0 Å². The highest BCUT2D eigenvalue weighted by atomic mass is 35.5. The van der Waals surface area contributed by atoms with E-state index in [-0.39, 0.29) is 37.2 Å². The maximum Gasteiger partial charge on any atom is 0.254 e. The first-order chi connectivity index (χ1) is 21.2. The van der Waals surface area contributed by atoms with Crippen molar-refractivity contribution in [1.82, 2.24) is 10.2 Å². The number of nitrogens with one attached hydrogen (secondary N) is 1. The summed E-state index contributed by atoms with van der Waals surface area (Å²) >= 11 is 0. The van der Waals surface area contributed by atoms with Gasteiger partial charge < -0.3 is 30.2 Å². The molecule has 242 valence electrons. The second kappa shape index (κ2) is 13.6. The summed E-state index contributed by atoms with van der Waals surface area (Å²) in [6.07, 6.45) is 1.30. The van der Waals surface area contributed by atoms with Crippen LogP contribution in [-0.4, -0.2) is 63.2 Å². The number of carbonyl (C=O) groups excluding carboxylic acids is 2. The van der Waals surface area contributed by atoms with Gasteiger partial charge >= 0.3 is 0 Å². The molecule has 0 spiro atoms. The normalized spacial score (nSPS) is 24.4. The van der Waals surface area contributed by atoms with Gasteiger partial charge in [-0.05, 0) is 67.1 Å². The van der Waals surface area contributed by atoms with Crippen LogP contribution in [0.3, 0.4) is 0 Å². The number of carbonyl (C=O) groups is 2. The molecule has 2 saturated heterocycles. The van der Waals surface area contributed by atoms with Gasteiger partial charge in [0, 0.05) is 24.6 Å². The van der Waals surface area contributed by atoms with Crippen LogP contribution in [-0.2, 0) is 10.2 Å². The predicted octanol–water partition coefficient (Wildman–Crippen LogP) is 5.22. The fourth-order valence-electron chi connectivity index (χ4n) is 7.81. The molecule has 3 aromatic rings. The molecule has 2 amide bonds. The van der Waals surface area contributed by atoms with E-state index in [9.17, 15) is 14.0 Å². The molecule has 2 aliphatic rings. The van der Waals surface area contributed by atoms with Gasteiger partial charge in [0.1, 0.15) is 0 Å². The molecule has 0 aromatic heterocycles. The molecule has 2 fully saturated rings. The van der Waals surface area contributed by atoms with Crippen LogP contribution < -0.4 is 25.3 Å². The average Bonchev–Trinajstić information content (AvgIpc) is 3.60. The highest BCUT2D eigenvalue weighted by molar-refractivity contribution is 5.97. The van der Waals surface area contributed by atoms with Crippen molar-refractivity contribution in [3.8, 4) is 17.2 Å². The standard InChI is InChI=1S/C34H39F2N3O5.ClH/c1-5-34(24-13-15-38-20-24)30(21-11-12-25(35)26(36)17-21)33(32(37)41,23-9-7-6-8-10-23)14-16-39(34)31(40)22-18-27(42-2)29(44-4)28(19-22)43-3;/h6-12,17-19,24,30,38H,5,13-16,20H2,1-4H3,(H2,37,41);1H. The number of methoxy groups -OCH3 is 3. The van der Waals surface area contributed by atoms with E-state index in [0.29, 0.717) is 59.9 Å². The number of amides is 2. The number of primary amides is 1. The molecule has 2 aliphatic heterocycles. The third kappa shape index (κ3) is 5.48. The molecule has 11 heteroatoms. The van der Waals surface area contributed by atoms with Crippen LogP contribution in [0, 0.1) is 17.6 Å². The highest BCUT2D eigenvalue weighted by Crippen LogP contribution is 2.58. The topological polar surface area (TPSA) is 103 Å². The molecular formula is C34H40ClF2N3O5. The van der Waals surface area contributed by atoms with Crippen LogP contribution in [0.15, 0.2) is 60.7 Å². The van der Waals surface area contributed by atoms with Crippen molar-refractivity contribution in [2.75, 3.05) is 41.0 Å². The Kier molecular flexibility index (Phi) is 10.3. The number of piperidine rings is 1. The SMILES string of the molecule is CCC1(C2CCNC2)C(c2ccc(F)c(F)c2)C(C(N)=O)(c2ccccc2)CCN1C(=O)c1cc(OC)c(OC)c(OC)c1.Cl. The first-order valence-corrected chi connectivity index (χ1v) is 14.8. The number of rotatable bonds is 9. The van der Waals surface area contributed by atoms with Gasteiger partial charge in [-0.3, -0.25) is 9.59 Å². The number of hydrogen-bond acceptors (Lipinski definition) is 6. The Morgan fingerprint density at radius 3 is 2.16 bits per heavy atom. The van der Waals surface area contributed by atoms with Gasteiger partial charge in [-0.1, -0.05) is 43.3 Å². The first-order valence-electron chi connectivity index (χ1n) is 14.8. The Balaban J connectivity index is 0.00000461.